The summed E-state index contributed by atoms with van der Waals surface area (Å²) in [5, 5.41) is 0. The third-order valence-corrected chi connectivity index (χ3v) is 1.88. The summed E-state index contributed by atoms with van der Waals surface area (Å²) >= 11 is 0. The summed E-state index contributed by atoms with van der Waals surface area (Å²) in [5.41, 5.74) is 0. The lowest BCUT2D eigenvalue weighted by atomic mass is 9.99. The second kappa shape index (κ2) is 6.45. The Morgan fingerprint density at radius 3 is 2.36 bits per heavy atom. The molecule has 0 spiro atoms. The molecule has 0 amide bonds. The lowest BCUT2D eigenvalue weighted by Gasteiger charge is -2.07. The van der Waals surface area contributed by atoms with Crippen LogP contribution in [0.4, 0.5) is 0 Å². The van der Waals surface area contributed by atoms with Gasteiger partial charge in [-0.15, -0.1) is 0 Å². The van der Waals surface area contributed by atoms with E-state index in [1.807, 2.05) is 0 Å². The summed E-state index contributed by atoms with van der Waals surface area (Å²) in [6, 6.07) is 0. The van der Waals surface area contributed by atoms with Gasteiger partial charge in [-0.3, -0.25) is 0 Å². The first-order valence-electron chi connectivity index (χ1n) is 4.62. The Hall–Kier alpha value is -0.260. The minimum atomic E-state index is 0.618. The zero-order chi connectivity index (χ0) is 8.69. The molecule has 11 heavy (non-hydrogen) atoms. The molecular weight excluding hydrogens is 132 g/mol. The highest BCUT2D eigenvalue weighted by Crippen LogP contribution is 2.12. The number of hydrogen-bond acceptors (Lipinski definition) is 0. The van der Waals surface area contributed by atoms with Crippen molar-refractivity contribution in [3.63, 3.8) is 0 Å². The van der Waals surface area contributed by atoms with Crippen molar-refractivity contribution in [3.8, 4) is 0 Å². The Kier molecular flexibility index (Phi) is 6.30. The molecule has 0 bridgehead atoms. The predicted molar refractivity (Wildman–Crippen MR) is 52.4 cm³/mol. The third kappa shape index (κ3) is 7.64. The van der Waals surface area contributed by atoms with E-state index in [2.05, 4.69) is 39.8 Å². The maximum Gasteiger partial charge on any atom is -0.0262 e. The molecule has 0 aromatic heterocycles. The van der Waals surface area contributed by atoms with Crippen molar-refractivity contribution in [1.29, 1.82) is 0 Å². The molecule has 0 aromatic carbocycles. The molecule has 0 aliphatic rings. The number of allylic oxidation sites excluding steroid dienone is 2. The van der Waals surface area contributed by atoms with Crippen LogP contribution in [0.15, 0.2) is 12.2 Å². The largest absolute Gasteiger partial charge is 0.0914 e. The lowest BCUT2D eigenvalue weighted by molar-refractivity contribution is 0.528. The average molecular weight is 153 g/mol. The fourth-order valence-corrected chi connectivity index (χ4v) is 1.21. The first-order chi connectivity index (χ1) is 5.16. The van der Waals surface area contributed by atoms with Crippen molar-refractivity contribution in [2.45, 2.75) is 40.0 Å². The minimum absolute atomic E-state index is 0.618. The molecule has 0 heterocycles. The van der Waals surface area contributed by atoms with Crippen LogP contribution in [0.5, 0.6) is 0 Å². The SMILES string of the molecule is [CH2]C(C)CCCC(C)C=CC. The van der Waals surface area contributed by atoms with Crippen LogP contribution in [0.25, 0.3) is 0 Å². The molecule has 0 aromatic rings. The minimum Gasteiger partial charge on any atom is -0.0914 e. The van der Waals surface area contributed by atoms with Gasteiger partial charge >= 0.3 is 0 Å². The van der Waals surface area contributed by atoms with E-state index in [-0.39, 0.29) is 0 Å². The summed E-state index contributed by atoms with van der Waals surface area (Å²) in [4.78, 5) is 0. The van der Waals surface area contributed by atoms with Crippen LogP contribution in [0, 0.1) is 18.8 Å². The maximum atomic E-state index is 3.96. The zero-order valence-electron chi connectivity index (χ0n) is 8.14. The van der Waals surface area contributed by atoms with Crippen molar-refractivity contribution in [3.05, 3.63) is 19.1 Å². The smallest absolute Gasteiger partial charge is 0.0262 e. The van der Waals surface area contributed by atoms with Crippen molar-refractivity contribution in [2.24, 2.45) is 11.8 Å². The van der Waals surface area contributed by atoms with Gasteiger partial charge in [0, 0.05) is 0 Å². The molecule has 0 nitrogen and oxygen atoms in total. The molecule has 2 unspecified atom stereocenters. The normalized spacial score (nSPS) is 14.6. The molecule has 0 saturated heterocycles. The Bertz CT molecular complexity index is 101. The van der Waals surface area contributed by atoms with Gasteiger partial charge in [-0.2, -0.15) is 0 Å². The summed E-state index contributed by atoms with van der Waals surface area (Å²) in [6.45, 7) is 10.5. The average Bonchev–Trinajstić information content (AvgIpc) is 1.87. The van der Waals surface area contributed by atoms with Crippen LogP contribution in [0.2, 0.25) is 0 Å². The third-order valence-electron chi connectivity index (χ3n) is 1.88. The van der Waals surface area contributed by atoms with Crippen LogP contribution in [0.3, 0.4) is 0 Å². The second-order valence-electron chi connectivity index (χ2n) is 3.54. The van der Waals surface area contributed by atoms with Crippen molar-refractivity contribution in [2.75, 3.05) is 0 Å². The molecule has 2 atom stereocenters. The van der Waals surface area contributed by atoms with E-state index in [1.165, 1.54) is 19.3 Å². The van der Waals surface area contributed by atoms with Gasteiger partial charge in [-0.05, 0) is 25.2 Å². The summed E-state index contributed by atoms with van der Waals surface area (Å²) in [6.07, 6.45) is 8.30. The van der Waals surface area contributed by atoms with Gasteiger partial charge in [0.1, 0.15) is 0 Å². The molecule has 0 rings (SSSR count). The predicted octanol–water partition coefficient (Wildman–Crippen LogP) is 3.84. The van der Waals surface area contributed by atoms with Crippen molar-refractivity contribution in [1.82, 2.24) is 0 Å². The summed E-state index contributed by atoms with van der Waals surface area (Å²) in [7, 11) is 0. The van der Waals surface area contributed by atoms with Crippen LogP contribution >= 0.6 is 0 Å². The van der Waals surface area contributed by atoms with Gasteiger partial charge in [0.05, 0.1) is 0 Å². The first-order valence-corrected chi connectivity index (χ1v) is 4.62. The van der Waals surface area contributed by atoms with E-state index in [4.69, 9.17) is 0 Å². The quantitative estimate of drug-likeness (QED) is 0.526. The Morgan fingerprint density at radius 1 is 1.27 bits per heavy atom. The van der Waals surface area contributed by atoms with Crippen molar-refractivity contribution < 1.29 is 0 Å². The fourth-order valence-electron chi connectivity index (χ4n) is 1.21. The molecule has 0 aliphatic carbocycles. The molecule has 0 N–H and O–H groups in total. The molecule has 0 fully saturated rings. The molecule has 0 aliphatic heterocycles. The van der Waals surface area contributed by atoms with E-state index in [1.54, 1.807) is 0 Å². The topological polar surface area (TPSA) is 0 Å². The highest BCUT2D eigenvalue weighted by Gasteiger charge is 1.98. The monoisotopic (exact) mass is 153 g/mol. The highest BCUT2D eigenvalue weighted by atomic mass is 14.0. The summed E-state index contributed by atoms with van der Waals surface area (Å²) < 4.78 is 0. The molecule has 65 valence electrons. The Labute approximate surface area is 71.7 Å². The lowest BCUT2D eigenvalue weighted by Crippen LogP contribution is -1.92. The molecule has 0 saturated carbocycles. The maximum absolute atomic E-state index is 3.96. The molecule has 0 heteroatoms. The van der Waals surface area contributed by atoms with Crippen LogP contribution < -0.4 is 0 Å². The van der Waals surface area contributed by atoms with Gasteiger partial charge in [0.15, 0.2) is 0 Å². The molecule has 1 radical (unpaired) electrons. The van der Waals surface area contributed by atoms with Crippen LogP contribution in [-0.4, -0.2) is 0 Å². The van der Waals surface area contributed by atoms with E-state index in [0.29, 0.717) is 5.92 Å². The van der Waals surface area contributed by atoms with E-state index >= 15 is 0 Å². The van der Waals surface area contributed by atoms with Gasteiger partial charge in [-0.25, -0.2) is 0 Å². The summed E-state index contributed by atoms with van der Waals surface area (Å²) in [5.74, 6) is 1.37. The van der Waals surface area contributed by atoms with Crippen LogP contribution in [-0.2, 0) is 0 Å². The Morgan fingerprint density at radius 2 is 1.91 bits per heavy atom. The molecular formula is C11H21. The Balaban J connectivity index is 3.24. The van der Waals surface area contributed by atoms with E-state index < -0.39 is 0 Å². The number of hydrogen-bond donors (Lipinski definition) is 0. The van der Waals surface area contributed by atoms with E-state index in [0.717, 1.165) is 5.92 Å². The van der Waals surface area contributed by atoms with Gasteiger partial charge in [0.2, 0.25) is 0 Å². The van der Waals surface area contributed by atoms with Crippen LogP contribution in [0.1, 0.15) is 40.0 Å². The highest BCUT2D eigenvalue weighted by molar-refractivity contribution is 4.82. The van der Waals surface area contributed by atoms with E-state index in [9.17, 15) is 0 Å². The fraction of sp³-hybridized carbons (Fsp3) is 0.727. The number of rotatable bonds is 5. The van der Waals surface area contributed by atoms with Crippen molar-refractivity contribution >= 4 is 0 Å². The van der Waals surface area contributed by atoms with Gasteiger partial charge in [-0.1, -0.05) is 45.8 Å². The zero-order valence-corrected chi connectivity index (χ0v) is 8.14. The van der Waals surface area contributed by atoms with Gasteiger partial charge in [0.25, 0.3) is 0 Å². The van der Waals surface area contributed by atoms with Gasteiger partial charge < -0.3 is 0 Å². The first kappa shape index (κ1) is 10.7. The second-order valence-corrected chi connectivity index (χ2v) is 3.54. The standard InChI is InChI=1S/C11H21/c1-5-7-11(4)9-6-8-10(2)3/h5,7,10-11H,2,6,8-9H2,1,3-4H3.